The van der Waals surface area contributed by atoms with Crippen LogP contribution in [0.25, 0.3) is 0 Å². The lowest BCUT2D eigenvalue weighted by Crippen LogP contribution is -2.32. The van der Waals surface area contributed by atoms with Crippen molar-refractivity contribution in [2.45, 2.75) is 17.9 Å². The molecule has 2 N–H and O–H groups in total. The van der Waals surface area contributed by atoms with Crippen molar-refractivity contribution in [3.05, 3.63) is 89.7 Å². The highest BCUT2D eigenvalue weighted by atomic mass is 32.2. The van der Waals surface area contributed by atoms with E-state index in [1.807, 2.05) is 0 Å². The summed E-state index contributed by atoms with van der Waals surface area (Å²) in [5.74, 6) is -2.75. The molecule has 0 unspecified atom stereocenters. The van der Waals surface area contributed by atoms with E-state index in [1.54, 1.807) is 0 Å². The van der Waals surface area contributed by atoms with Crippen LogP contribution in [0.4, 0.5) is 8.78 Å². The van der Waals surface area contributed by atoms with Gasteiger partial charge in [0.15, 0.2) is 0 Å². The van der Waals surface area contributed by atoms with E-state index in [0.717, 1.165) is 16.4 Å². The number of nitrogens with zero attached hydrogens (tertiary/aromatic N) is 2. The van der Waals surface area contributed by atoms with Crippen molar-refractivity contribution in [2.24, 2.45) is 4.99 Å². The van der Waals surface area contributed by atoms with E-state index < -0.39 is 32.5 Å². The van der Waals surface area contributed by atoms with Crippen LogP contribution in [0, 0.1) is 11.6 Å². The largest absolute Gasteiger partial charge is 0.288 e. The third kappa shape index (κ3) is 6.38. The number of rotatable bonds is 10. The molecule has 0 bridgehead atoms. The number of halogens is 2. The van der Waals surface area contributed by atoms with E-state index in [9.17, 15) is 22.0 Å². The van der Waals surface area contributed by atoms with E-state index in [1.165, 1.54) is 42.0 Å². The SMILES string of the molecule is C=C/C(=C\N=C)CCN(Cc1ccc(C(=O)NO)cc1)S(=O)(=O)c1cc(F)cc(F)c1. The van der Waals surface area contributed by atoms with E-state index in [4.69, 9.17) is 5.21 Å². The molecule has 0 saturated heterocycles. The summed E-state index contributed by atoms with van der Waals surface area (Å²) < 4.78 is 54.6. The van der Waals surface area contributed by atoms with Crippen molar-refractivity contribution in [1.82, 2.24) is 9.79 Å². The van der Waals surface area contributed by atoms with Gasteiger partial charge >= 0.3 is 0 Å². The third-order valence-corrected chi connectivity index (χ3v) is 6.14. The lowest BCUT2D eigenvalue weighted by molar-refractivity contribution is 0.0706. The number of carbonyl (C=O) groups is 1. The van der Waals surface area contributed by atoms with Crippen LogP contribution in [0.5, 0.6) is 0 Å². The summed E-state index contributed by atoms with van der Waals surface area (Å²) in [6.45, 7) is 6.82. The molecule has 7 nitrogen and oxygen atoms in total. The van der Waals surface area contributed by atoms with Gasteiger partial charge in [0, 0.05) is 30.9 Å². The maximum absolute atomic E-state index is 13.6. The Balaban J connectivity index is 2.39. The van der Waals surface area contributed by atoms with Gasteiger partial charge in [-0.1, -0.05) is 24.8 Å². The molecule has 0 fully saturated rings. The zero-order valence-corrected chi connectivity index (χ0v) is 17.3. The monoisotopic (exact) mass is 449 g/mol. The molecular formula is C21H21F2N3O4S. The fraction of sp³-hybridized carbons (Fsp3) is 0.143. The van der Waals surface area contributed by atoms with Crippen molar-refractivity contribution < 1.29 is 27.2 Å². The van der Waals surface area contributed by atoms with E-state index in [-0.39, 0.29) is 25.1 Å². The van der Waals surface area contributed by atoms with Gasteiger partial charge in [-0.05, 0) is 48.5 Å². The minimum absolute atomic E-state index is 0.0350. The van der Waals surface area contributed by atoms with Crippen LogP contribution in [0.15, 0.2) is 76.8 Å². The molecule has 2 aromatic carbocycles. The lowest BCUT2D eigenvalue weighted by Gasteiger charge is -2.23. The summed E-state index contributed by atoms with van der Waals surface area (Å²) in [7, 11) is -4.27. The molecule has 2 aromatic rings. The number of benzene rings is 2. The Morgan fingerprint density at radius 3 is 2.29 bits per heavy atom. The molecule has 0 aliphatic carbocycles. The molecule has 0 saturated carbocycles. The summed E-state index contributed by atoms with van der Waals surface area (Å²) in [6.07, 6.45) is 3.16. The van der Waals surface area contributed by atoms with Crippen molar-refractivity contribution in [3.63, 3.8) is 0 Å². The summed E-state index contributed by atoms with van der Waals surface area (Å²) >= 11 is 0. The van der Waals surface area contributed by atoms with Crippen LogP contribution >= 0.6 is 0 Å². The van der Waals surface area contributed by atoms with Gasteiger partial charge in [0.05, 0.1) is 4.90 Å². The molecule has 0 aliphatic rings. The Bertz CT molecular complexity index is 1080. The molecule has 0 atom stereocenters. The van der Waals surface area contributed by atoms with Crippen LogP contribution < -0.4 is 5.48 Å². The van der Waals surface area contributed by atoms with E-state index >= 15 is 0 Å². The maximum atomic E-state index is 13.6. The van der Waals surface area contributed by atoms with Gasteiger partial charge in [0.2, 0.25) is 10.0 Å². The molecule has 0 spiro atoms. The number of nitrogens with one attached hydrogen (secondary N) is 1. The number of allylic oxidation sites excluding steroid dienone is 1. The summed E-state index contributed by atoms with van der Waals surface area (Å²) in [6, 6.07) is 7.91. The first-order chi connectivity index (χ1) is 14.7. The second kappa shape index (κ2) is 10.7. The van der Waals surface area contributed by atoms with Crippen molar-refractivity contribution in [3.8, 4) is 0 Å². The topological polar surface area (TPSA) is 99.1 Å². The Kier molecular flexibility index (Phi) is 8.31. The van der Waals surface area contributed by atoms with Crippen LogP contribution in [-0.2, 0) is 16.6 Å². The number of hydroxylamine groups is 1. The Morgan fingerprint density at radius 1 is 1.16 bits per heavy atom. The summed E-state index contributed by atoms with van der Waals surface area (Å²) in [4.78, 5) is 14.6. The van der Waals surface area contributed by atoms with Crippen LogP contribution in [-0.4, -0.2) is 37.1 Å². The minimum Gasteiger partial charge on any atom is -0.288 e. The molecule has 0 aliphatic heterocycles. The van der Waals surface area contributed by atoms with Crippen molar-refractivity contribution in [2.75, 3.05) is 6.54 Å². The van der Waals surface area contributed by atoms with Gasteiger partial charge in [0.25, 0.3) is 5.91 Å². The quantitative estimate of drug-likeness (QED) is 0.251. The molecule has 164 valence electrons. The molecule has 2 rings (SSSR count). The van der Waals surface area contributed by atoms with E-state index in [0.29, 0.717) is 17.2 Å². The van der Waals surface area contributed by atoms with Gasteiger partial charge in [-0.25, -0.2) is 22.7 Å². The van der Waals surface area contributed by atoms with Gasteiger partial charge in [0.1, 0.15) is 11.6 Å². The van der Waals surface area contributed by atoms with Gasteiger partial charge in [-0.3, -0.25) is 15.0 Å². The second-order valence-electron chi connectivity index (χ2n) is 6.42. The highest BCUT2D eigenvalue weighted by Gasteiger charge is 2.26. The third-order valence-electron chi connectivity index (χ3n) is 4.32. The Labute approximate surface area is 179 Å². The number of hydrogen-bond donors (Lipinski definition) is 2. The molecule has 10 heteroatoms. The Hall–Kier alpha value is -3.21. The standard InChI is InChI=1S/C21H21F2N3O4S/c1-3-15(13-24-2)8-9-26(14-16-4-6-17(7-5-16)21(27)25-28)31(29,30)20-11-18(22)10-19(23)12-20/h3-7,10-13,28H,1-2,8-9,14H2,(H,25,27)/b15-13+. The number of hydrogen-bond acceptors (Lipinski definition) is 5. The van der Waals surface area contributed by atoms with Crippen LogP contribution in [0.2, 0.25) is 0 Å². The predicted molar refractivity (Wildman–Crippen MR) is 112 cm³/mol. The lowest BCUT2D eigenvalue weighted by atomic mass is 10.1. The molecule has 31 heavy (non-hydrogen) atoms. The normalized spacial score (nSPS) is 11.9. The molecule has 1 amide bonds. The van der Waals surface area contributed by atoms with Crippen LogP contribution in [0.3, 0.4) is 0 Å². The first-order valence-electron chi connectivity index (χ1n) is 8.98. The molecule has 0 aromatic heterocycles. The minimum atomic E-state index is -4.27. The average Bonchev–Trinajstić information content (AvgIpc) is 2.74. The number of aliphatic imine (C=N–C) groups is 1. The zero-order valence-electron chi connectivity index (χ0n) is 16.5. The summed E-state index contributed by atoms with van der Waals surface area (Å²) in [5.41, 5.74) is 2.81. The predicted octanol–water partition coefficient (Wildman–Crippen LogP) is 3.44. The highest BCUT2D eigenvalue weighted by molar-refractivity contribution is 7.89. The highest BCUT2D eigenvalue weighted by Crippen LogP contribution is 2.22. The molecular weight excluding hydrogens is 428 g/mol. The first-order valence-corrected chi connectivity index (χ1v) is 10.4. The molecule has 0 heterocycles. The zero-order chi connectivity index (χ0) is 23.0. The maximum Gasteiger partial charge on any atom is 0.274 e. The summed E-state index contributed by atoms with van der Waals surface area (Å²) in [5, 5.41) is 8.70. The fourth-order valence-electron chi connectivity index (χ4n) is 2.73. The average molecular weight is 449 g/mol. The fourth-order valence-corrected chi connectivity index (χ4v) is 4.20. The van der Waals surface area contributed by atoms with Gasteiger partial charge in [-0.2, -0.15) is 4.31 Å². The van der Waals surface area contributed by atoms with Crippen LogP contribution in [0.1, 0.15) is 22.3 Å². The van der Waals surface area contributed by atoms with E-state index in [2.05, 4.69) is 18.3 Å². The van der Waals surface area contributed by atoms with Gasteiger partial charge < -0.3 is 0 Å². The smallest absolute Gasteiger partial charge is 0.274 e. The number of sulfonamides is 1. The number of amides is 1. The van der Waals surface area contributed by atoms with Crippen molar-refractivity contribution in [1.29, 1.82) is 0 Å². The van der Waals surface area contributed by atoms with Gasteiger partial charge in [-0.15, -0.1) is 0 Å². The molecule has 0 radical (unpaired) electrons. The first kappa shape index (κ1) is 24.1. The number of carbonyl (C=O) groups excluding carboxylic acids is 1. The van der Waals surface area contributed by atoms with Crippen molar-refractivity contribution >= 4 is 22.6 Å². The second-order valence-corrected chi connectivity index (χ2v) is 8.36. The Morgan fingerprint density at radius 2 is 1.77 bits per heavy atom.